The van der Waals surface area contributed by atoms with Gasteiger partial charge >= 0.3 is 7.82 Å². The van der Waals surface area contributed by atoms with Crippen LogP contribution in [0.3, 0.4) is 0 Å². The first-order valence-corrected chi connectivity index (χ1v) is 12.8. The minimum atomic E-state index is -4.52. The first kappa shape index (κ1) is 27.7. The highest BCUT2D eigenvalue weighted by atomic mass is 31.2. The van der Waals surface area contributed by atoms with Crippen molar-refractivity contribution in [1.29, 1.82) is 0 Å². The van der Waals surface area contributed by atoms with Crippen molar-refractivity contribution in [2.24, 2.45) is 5.41 Å². The molecule has 3 rings (SSSR count). The van der Waals surface area contributed by atoms with Crippen LogP contribution in [0.15, 0.2) is 11.1 Å². The fourth-order valence-corrected chi connectivity index (χ4v) is 5.22. The van der Waals surface area contributed by atoms with Crippen LogP contribution in [0, 0.1) is 5.41 Å². The van der Waals surface area contributed by atoms with Crippen LogP contribution in [-0.4, -0.2) is 68.6 Å². The Morgan fingerprint density at radius 1 is 1.23 bits per heavy atom. The lowest BCUT2D eigenvalue weighted by Crippen LogP contribution is -2.38. The number of nitrogens with one attached hydrogen (secondary N) is 1. The number of phosphoric ester groups is 1. The Bertz CT molecular complexity index is 1120. The third kappa shape index (κ3) is 7.10. The van der Waals surface area contributed by atoms with Gasteiger partial charge in [-0.3, -0.25) is 23.4 Å². The third-order valence-corrected chi connectivity index (χ3v) is 6.35. The molecule has 13 nitrogen and oxygen atoms in total. The summed E-state index contributed by atoms with van der Waals surface area (Å²) in [6.07, 6.45) is -1.57. The molecule has 1 unspecified atom stereocenters. The molecule has 0 amide bonds. The van der Waals surface area contributed by atoms with Crippen molar-refractivity contribution in [3.8, 4) is 0 Å². The number of nitrogens with zero attached hydrogens (tertiary/aromatic N) is 3. The van der Waals surface area contributed by atoms with E-state index >= 15 is 0 Å². The lowest BCUT2D eigenvalue weighted by molar-refractivity contribution is -0.0785. The largest absolute Gasteiger partial charge is 0.473 e. The fraction of sp³-hybridized carbons (Fsp3) is 0.762. The van der Waals surface area contributed by atoms with Gasteiger partial charge in [0.1, 0.15) is 12.2 Å². The Kier molecular flexibility index (Phi) is 8.12. The summed E-state index contributed by atoms with van der Waals surface area (Å²) in [4.78, 5) is 33.6. The van der Waals surface area contributed by atoms with E-state index in [0.717, 1.165) is 0 Å². The average Bonchev–Trinajstić information content (AvgIpc) is 3.21. The van der Waals surface area contributed by atoms with Crippen LogP contribution in [0.25, 0.3) is 11.2 Å². The highest BCUT2D eigenvalue weighted by Crippen LogP contribution is 2.52. The van der Waals surface area contributed by atoms with Gasteiger partial charge in [-0.1, -0.05) is 20.8 Å². The molecule has 5 atom stereocenters. The molecular formula is C21H36N5O8P. The predicted octanol–water partition coefficient (Wildman–Crippen LogP) is 2.37. The molecule has 4 N–H and O–H groups in total. The van der Waals surface area contributed by atoms with Crippen molar-refractivity contribution >= 4 is 24.9 Å². The summed E-state index contributed by atoms with van der Waals surface area (Å²) in [5.74, 6) is -0.0865. The van der Waals surface area contributed by atoms with E-state index in [4.69, 9.17) is 29.0 Å². The molecule has 3 heterocycles. The molecule has 1 fully saturated rings. The van der Waals surface area contributed by atoms with Gasteiger partial charge in [-0.25, -0.2) is 9.55 Å². The molecule has 0 aliphatic carbocycles. The fourth-order valence-electron chi connectivity index (χ4n) is 3.92. The second-order valence-electron chi connectivity index (χ2n) is 10.7. The van der Waals surface area contributed by atoms with Gasteiger partial charge in [0.05, 0.1) is 31.2 Å². The van der Waals surface area contributed by atoms with Gasteiger partial charge in [-0.05, 0) is 32.6 Å². The molecule has 0 radical (unpaired) electrons. The summed E-state index contributed by atoms with van der Waals surface area (Å²) in [5, 5.41) is 0. The third-order valence-electron chi connectivity index (χ3n) is 5.07. The zero-order chi connectivity index (χ0) is 26.2. The maximum absolute atomic E-state index is 12.9. The molecule has 0 aromatic carbocycles. The Morgan fingerprint density at radius 3 is 2.51 bits per heavy atom. The van der Waals surface area contributed by atoms with Crippen LogP contribution in [0.1, 0.15) is 54.2 Å². The minimum absolute atomic E-state index is 0.0686. The first-order valence-electron chi connectivity index (χ1n) is 11.3. The number of H-pyrrole nitrogens is 1. The summed E-state index contributed by atoms with van der Waals surface area (Å²) in [7, 11) is -2.98. The number of imidazole rings is 1. The highest BCUT2D eigenvalue weighted by molar-refractivity contribution is 7.47. The normalized spacial score (nSPS) is 25.3. The molecule has 198 valence electrons. The highest BCUT2D eigenvalue weighted by Gasteiger charge is 2.52. The summed E-state index contributed by atoms with van der Waals surface area (Å²) in [5.41, 5.74) is 4.35. The number of rotatable bonds is 9. The molecule has 0 saturated carbocycles. The SMILES string of the molecule is COCCO[C@@H]1[C@H](OP(=O)(O)OC(C)(C)C)[C@@H](CC(C)(C)C)O[C@H]1n1cnc2c(=O)[nH]c(N)nc21. The van der Waals surface area contributed by atoms with E-state index in [0.29, 0.717) is 6.42 Å². The van der Waals surface area contributed by atoms with Gasteiger partial charge in [0.25, 0.3) is 5.56 Å². The van der Waals surface area contributed by atoms with Crippen LogP contribution in [0.5, 0.6) is 0 Å². The maximum atomic E-state index is 12.9. The number of nitrogen functional groups attached to an aromatic ring is 1. The number of nitrogens with two attached hydrogens (primary N) is 1. The molecule has 35 heavy (non-hydrogen) atoms. The van der Waals surface area contributed by atoms with Gasteiger partial charge < -0.3 is 24.8 Å². The number of hydrogen-bond donors (Lipinski definition) is 3. The Labute approximate surface area is 203 Å². The number of aromatic amines is 1. The van der Waals surface area contributed by atoms with E-state index < -0.39 is 43.5 Å². The van der Waals surface area contributed by atoms with Crippen LogP contribution < -0.4 is 11.3 Å². The van der Waals surface area contributed by atoms with Crippen molar-refractivity contribution in [3.63, 3.8) is 0 Å². The summed E-state index contributed by atoms with van der Waals surface area (Å²) in [6, 6.07) is 0. The standard InChI is InChI=1S/C21H36N5O8P/c1-20(2,3)10-12-14(33-35(28,29)34-21(4,5)6)15(31-9-8-30-7)18(32-12)26-11-23-13-16(26)24-19(22)25-17(13)27/h11-12,14-15,18H,8-10H2,1-7H3,(H,28,29)(H3,22,24,25,27)/t12-,14-,15-,18-/m1/s1. The smallest absolute Gasteiger partial charge is 0.382 e. The number of ether oxygens (including phenoxy) is 3. The molecule has 0 bridgehead atoms. The molecule has 1 saturated heterocycles. The zero-order valence-corrected chi connectivity index (χ0v) is 22.1. The summed E-state index contributed by atoms with van der Waals surface area (Å²) >= 11 is 0. The van der Waals surface area contributed by atoms with Crippen LogP contribution >= 0.6 is 7.82 Å². The first-order chi connectivity index (χ1) is 16.1. The van der Waals surface area contributed by atoms with Gasteiger partial charge in [0.15, 0.2) is 17.4 Å². The van der Waals surface area contributed by atoms with Gasteiger partial charge in [0, 0.05) is 7.11 Å². The van der Waals surface area contributed by atoms with E-state index in [-0.39, 0.29) is 35.7 Å². The second-order valence-corrected chi connectivity index (χ2v) is 12.0. The van der Waals surface area contributed by atoms with E-state index in [9.17, 15) is 14.3 Å². The number of methoxy groups -OCH3 is 1. The topological polar surface area (TPSA) is 173 Å². The van der Waals surface area contributed by atoms with Gasteiger partial charge in [-0.2, -0.15) is 4.98 Å². The molecular weight excluding hydrogens is 481 g/mol. The monoisotopic (exact) mass is 517 g/mol. The number of aromatic nitrogens is 4. The van der Waals surface area contributed by atoms with Crippen LogP contribution in [-0.2, 0) is 27.8 Å². The molecule has 1 aliphatic rings. The zero-order valence-electron chi connectivity index (χ0n) is 21.2. The Morgan fingerprint density at radius 2 is 1.91 bits per heavy atom. The number of phosphoric acid groups is 1. The lowest BCUT2D eigenvalue weighted by atomic mass is 9.87. The van der Waals surface area contributed by atoms with Crippen molar-refractivity contribution in [1.82, 2.24) is 19.5 Å². The molecule has 2 aromatic heterocycles. The van der Waals surface area contributed by atoms with E-state index in [2.05, 4.69) is 15.0 Å². The quantitative estimate of drug-likeness (QED) is 0.329. The Balaban J connectivity index is 2.06. The number of hydrogen-bond acceptors (Lipinski definition) is 10. The van der Waals surface area contributed by atoms with E-state index in [1.54, 1.807) is 20.8 Å². The van der Waals surface area contributed by atoms with E-state index in [1.165, 1.54) is 18.0 Å². The van der Waals surface area contributed by atoms with E-state index in [1.807, 2.05) is 20.8 Å². The minimum Gasteiger partial charge on any atom is -0.382 e. The maximum Gasteiger partial charge on any atom is 0.473 e. The van der Waals surface area contributed by atoms with Crippen LogP contribution in [0.2, 0.25) is 0 Å². The number of anilines is 1. The summed E-state index contributed by atoms with van der Waals surface area (Å²) < 4.78 is 43.0. The van der Waals surface area contributed by atoms with Crippen molar-refractivity contribution in [3.05, 3.63) is 16.7 Å². The molecule has 14 heteroatoms. The van der Waals surface area contributed by atoms with Crippen molar-refractivity contribution < 1.29 is 32.7 Å². The summed E-state index contributed by atoms with van der Waals surface area (Å²) in [6.45, 7) is 11.4. The molecule has 1 aliphatic heterocycles. The van der Waals surface area contributed by atoms with Gasteiger partial charge in [0.2, 0.25) is 5.95 Å². The lowest BCUT2D eigenvalue weighted by Gasteiger charge is -2.31. The van der Waals surface area contributed by atoms with Crippen molar-refractivity contribution in [2.45, 2.75) is 78.1 Å². The van der Waals surface area contributed by atoms with Crippen LogP contribution in [0.4, 0.5) is 5.95 Å². The predicted molar refractivity (Wildman–Crippen MR) is 128 cm³/mol. The number of fused-ring (bicyclic) bond motifs is 1. The molecule has 0 spiro atoms. The van der Waals surface area contributed by atoms with Gasteiger partial charge in [-0.15, -0.1) is 0 Å². The molecule has 2 aromatic rings. The second kappa shape index (κ2) is 10.3. The average molecular weight is 518 g/mol. The van der Waals surface area contributed by atoms with Crippen molar-refractivity contribution in [2.75, 3.05) is 26.1 Å². The Hall–Kier alpha value is -1.86.